The van der Waals surface area contributed by atoms with Crippen LogP contribution in [0.2, 0.25) is 0 Å². The Hall–Kier alpha value is -3.23. The fourth-order valence-electron chi connectivity index (χ4n) is 2.43. The fourth-order valence-corrected chi connectivity index (χ4v) is 2.43. The Kier molecular flexibility index (Phi) is 5.20. The van der Waals surface area contributed by atoms with Crippen LogP contribution in [0.1, 0.15) is 12.0 Å². The van der Waals surface area contributed by atoms with Gasteiger partial charge in [0.15, 0.2) is 0 Å². The zero-order valence-electron chi connectivity index (χ0n) is 14.1. The van der Waals surface area contributed by atoms with Gasteiger partial charge in [-0.15, -0.1) is 13.2 Å². The van der Waals surface area contributed by atoms with Gasteiger partial charge in [-0.2, -0.15) is 0 Å². The van der Waals surface area contributed by atoms with Gasteiger partial charge in [0.05, 0.1) is 12.8 Å². The molecule has 0 saturated heterocycles. The van der Waals surface area contributed by atoms with Crippen LogP contribution < -0.4 is 14.8 Å². The fraction of sp³-hybridized carbons (Fsp3) is 0.222. The molecule has 0 bridgehead atoms. The first kappa shape index (κ1) is 18.6. The molecule has 6 nitrogen and oxygen atoms in total. The number of halogens is 3. The summed E-state index contributed by atoms with van der Waals surface area (Å²) in [7, 11) is 1.56. The number of amides is 1. The zero-order valence-corrected chi connectivity index (χ0v) is 14.1. The first-order valence-corrected chi connectivity index (χ1v) is 7.88. The molecule has 1 heterocycles. The summed E-state index contributed by atoms with van der Waals surface area (Å²) in [6.07, 6.45) is -5.32. The van der Waals surface area contributed by atoms with E-state index in [4.69, 9.17) is 9.57 Å². The third kappa shape index (κ3) is 4.90. The minimum Gasteiger partial charge on any atom is -0.497 e. The number of methoxy groups -OCH3 is 1. The molecule has 142 valence electrons. The number of anilines is 1. The van der Waals surface area contributed by atoms with Crippen LogP contribution in [0.5, 0.6) is 11.5 Å². The predicted octanol–water partition coefficient (Wildman–Crippen LogP) is 3.73. The molecule has 0 aromatic heterocycles. The van der Waals surface area contributed by atoms with Crippen LogP contribution in [-0.4, -0.2) is 31.2 Å². The maximum Gasteiger partial charge on any atom is 0.573 e. The Balaban J connectivity index is 1.56. The number of alkyl halides is 3. The Morgan fingerprint density at radius 3 is 2.33 bits per heavy atom. The topological polar surface area (TPSA) is 69.2 Å². The Bertz CT molecular complexity index is 833. The molecular formula is C18H15F3N2O4. The number of benzene rings is 2. The van der Waals surface area contributed by atoms with Crippen LogP contribution in [0.3, 0.4) is 0 Å². The van der Waals surface area contributed by atoms with Crippen molar-refractivity contribution in [2.45, 2.75) is 18.9 Å². The lowest BCUT2D eigenvalue weighted by Crippen LogP contribution is -2.28. The molecular weight excluding hydrogens is 365 g/mol. The van der Waals surface area contributed by atoms with Crippen molar-refractivity contribution in [1.82, 2.24) is 0 Å². The molecule has 3 rings (SSSR count). The molecule has 0 saturated carbocycles. The lowest BCUT2D eigenvalue weighted by Gasteiger charge is -2.11. The first-order valence-electron chi connectivity index (χ1n) is 7.88. The highest BCUT2D eigenvalue weighted by atomic mass is 19.4. The maximum absolute atomic E-state index is 12.3. The minimum atomic E-state index is -4.77. The van der Waals surface area contributed by atoms with Gasteiger partial charge in [0, 0.05) is 12.1 Å². The van der Waals surface area contributed by atoms with Gasteiger partial charge in [-0.1, -0.05) is 5.16 Å². The molecule has 27 heavy (non-hydrogen) atoms. The molecule has 2 aromatic carbocycles. The van der Waals surface area contributed by atoms with Gasteiger partial charge in [-0.3, -0.25) is 4.79 Å². The van der Waals surface area contributed by atoms with Gasteiger partial charge in [0.1, 0.15) is 11.5 Å². The molecule has 0 radical (unpaired) electrons. The average molecular weight is 380 g/mol. The lowest BCUT2D eigenvalue weighted by atomic mass is 10.0. The van der Waals surface area contributed by atoms with Gasteiger partial charge in [0.2, 0.25) is 6.10 Å². The summed E-state index contributed by atoms with van der Waals surface area (Å²) >= 11 is 0. The number of carbonyl (C=O) groups is 1. The summed E-state index contributed by atoms with van der Waals surface area (Å²) in [5.74, 6) is -0.125. The van der Waals surface area contributed by atoms with Crippen molar-refractivity contribution in [3.05, 3.63) is 54.1 Å². The number of hydrogen-bond donors (Lipinski definition) is 1. The van der Waals surface area contributed by atoms with E-state index < -0.39 is 18.4 Å². The summed E-state index contributed by atoms with van der Waals surface area (Å²) in [5.41, 5.74) is 1.74. The predicted molar refractivity (Wildman–Crippen MR) is 90.8 cm³/mol. The third-order valence-electron chi connectivity index (χ3n) is 3.74. The molecule has 0 unspecified atom stereocenters. The second-order valence-corrected chi connectivity index (χ2v) is 5.63. The highest BCUT2D eigenvalue weighted by molar-refractivity contribution is 6.06. The molecule has 9 heteroatoms. The SMILES string of the molecule is COc1ccc(C2=NO[C@H](C(=O)Nc3ccc(OC(F)(F)F)cc3)C2)cc1. The number of oxime groups is 1. The van der Waals surface area contributed by atoms with Crippen LogP contribution in [0, 0.1) is 0 Å². The van der Waals surface area contributed by atoms with Crippen molar-refractivity contribution in [3.63, 3.8) is 0 Å². The van der Waals surface area contributed by atoms with Crippen LogP contribution in [-0.2, 0) is 9.63 Å². The number of carbonyl (C=O) groups excluding carboxylic acids is 1. The van der Waals surface area contributed by atoms with Gasteiger partial charge in [-0.05, 0) is 54.1 Å². The molecule has 0 fully saturated rings. The van der Waals surface area contributed by atoms with E-state index in [1.54, 1.807) is 31.4 Å². The molecule has 1 N–H and O–H groups in total. The van der Waals surface area contributed by atoms with Gasteiger partial charge in [-0.25, -0.2) is 0 Å². The minimum absolute atomic E-state index is 0.271. The lowest BCUT2D eigenvalue weighted by molar-refractivity contribution is -0.274. The Labute approximate surface area is 152 Å². The number of nitrogens with zero attached hydrogens (tertiary/aromatic N) is 1. The number of rotatable bonds is 5. The van der Waals surface area contributed by atoms with Gasteiger partial charge >= 0.3 is 6.36 Å². The number of nitrogens with one attached hydrogen (secondary N) is 1. The van der Waals surface area contributed by atoms with Crippen molar-refractivity contribution >= 4 is 17.3 Å². The Morgan fingerprint density at radius 1 is 1.11 bits per heavy atom. The maximum atomic E-state index is 12.3. The second-order valence-electron chi connectivity index (χ2n) is 5.63. The van der Waals surface area contributed by atoms with Crippen molar-refractivity contribution in [2.24, 2.45) is 5.16 Å². The van der Waals surface area contributed by atoms with E-state index in [2.05, 4.69) is 15.2 Å². The van der Waals surface area contributed by atoms with Gasteiger partial charge < -0.3 is 19.6 Å². The number of ether oxygens (including phenoxy) is 2. The molecule has 2 aromatic rings. The summed E-state index contributed by atoms with van der Waals surface area (Å²) < 4.78 is 45.3. The first-order chi connectivity index (χ1) is 12.8. The number of hydrogen-bond acceptors (Lipinski definition) is 5. The smallest absolute Gasteiger partial charge is 0.497 e. The van der Waals surface area contributed by atoms with Crippen molar-refractivity contribution in [2.75, 3.05) is 12.4 Å². The van der Waals surface area contributed by atoms with Crippen molar-refractivity contribution in [3.8, 4) is 11.5 Å². The molecule has 1 amide bonds. The molecule has 0 spiro atoms. The summed E-state index contributed by atoms with van der Waals surface area (Å²) in [6, 6.07) is 12.0. The molecule has 1 aliphatic rings. The standard InChI is InChI=1S/C18H15F3N2O4/c1-25-13-6-2-11(3-7-13)15-10-16(27-23-15)17(24)22-12-4-8-14(9-5-12)26-18(19,20)21/h2-9,16H,10H2,1H3,(H,22,24)/t16-/m0/s1. The van der Waals surface area contributed by atoms with E-state index in [-0.39, 0.29) is 12.2 Å². The quantitative estimate of drug-likeness (QED) is 0.858. The van der Waals surface area contributed by atoms with Crippen molar-refractivity contribution < 1.29 is 32.3 Å². The third-order valence-corrected chi connectivity index (χ3v) is 3.74. The highest BCUT2D eigenvalue weighted by Crippen LogP contribution is 2.25. The van der Waals surface area contributed by atoms with E-state index in [0.29, 0.717) is 17.1 Å². The van der Waals surface area contributed by atoms with E-state index in [1.807, 2.05) is 0 Å². The van der Waals surface area contributed by atoms with E-state index in [1.165, 1.54) is 12.1 Å². The summed E-state index contributed by atoms with van der Waals surface area (Å²) in [4.78, 5) is 17.4. The van der Waals surface area contributed by atoms with Crippen LogP contribution in [0.25, 0.3) is 0 Å². The Morgan fingerprint density at radius 2 is 1.74 bits per heavy atom. The summed E-state index contributed by atoms with van der Waals surface area (Å²) in [6.45, 7) is 0. The largest absolute Gasteiger partial charge is 0.573 e. The van der Waals surface area contributed by atoms with E-state index in [0.717, 1.165) is 17.7 Å². The van der Waals surface area contributed by atoms with Gasteiger partial charge in [0.25, 0.3) is 5.91 Å². The zero-order chi connectivity index (χ0) is 19.4. The van der Waals surface area contributed by atoms with Crippen LogP contribution in [0.4, 0.5) is 18.9 Å². The summed E-state index contributed by atoms with van der Waals surface area (Å²) in [5, 5.41) is 6.50. The van der Waals surface area contributed by atoms with E-state index >= 15 is 0 Å². The van der Waals surface area contributed by atoms with Crippen LogP contribution >= 0.6 is 0 Å². The van der Waals surface area contributed by atoms with Crippen LogP contribution in [0.15, 0.2) is 53.7 Å². The van der Waals surface area contributed by atoms with E-state index in [9.17, 15) is 18.0 Å². The molecule has 1 aliphatic heterocycles. The van der Waals surface area contributed by atoms with Crippen molar-refractivity contribution in [1.29, 1.82) is 0 Å². The normalized spacial score (nSPS) is 16.3. The molecule has 1 atom stereocenters. The second kappa shape index (κ2) is 7.56. The molecule has 0 aliphatic carbocycles. The monoisotopic (exact) mass is 380 g/mol. The highest BCUT2D eigenvalue weighted by Gasteiger charge is 2.31. The average Bonchev–Trinajstić information content (AvgIpc) is 3.12.